The summed E-state index contributed by atoms with van der Waals surface area (Å²) in [5.41, 5.74) is -0.751. The molecule has 0 aromatic carbocycles. The first-order chi connectivity index (χ1) is 9.60. The van der Waals surface area contributed by atoms with Gasteiger partial charge in [-0.15, -0.1) is 0 Å². The molecule has 0 atom stereocenters. The van der Waals surface area contributed by atoms with Crippen molar-refractivity contribution in [3.05, 3.63) is 0 Å². The summed E-state index contributed by atoms with van der Waals surface area (Å²) in [5, 5.41) is 18.7. The zero-order valence-corrected chi connectivity index (χ0v) is 13.4. The highest BCUT2D eigenvalue weighted by molar-refractivity contribution is 5.80. The smallest absolute Gasteiger partial charge is 0.323 e. The van der Waals surface area contributed by atoms with E-state index in [9.17, 15) is 14.7 Å². The Hall–Kier alpha value is -1.34. The maximum Gasteiger partial charge on any atom is 0.323 e. The van der Waals surface area contributed by atoms with E-state index in [0.717, 1.165) is 0 Å². The van der Waals surface area contributed by atoms with Gasteiger partial charge in [0.1, 0.15) is 6.54 Å². The molecule has 0 aromatic heterocycles. The number of aliphatic hydroxyl groups is 1. The first-order valence-electron chi connectivity index (χ1n) is 7.32. The summed E-state index contributed by atoms with van der Waals surface area (Å²) in [6.45, 7) is 9.92. The van der Waals surface area contributed by atoms with Crippen molar-refractivity contribution in [2.75, 3.05) is 39.3 Å². The van der Waals surface area contributed by atoms with Crippen LogP contribution < -0.4 is 0 Å². The SMILES string of the molecule is CC(C)N(CC(=O)O)C(=O)N1CCN(CC(C)(C)O)CC1. The van der Waals surface area contributed by atoms with Crippen molar-refractivity contribution in [1.29, 1.82) is 0 Å². The van der Waals surface area contributed by atoms with E-state index in [1.807, 2.05) is 13.8 Å². The Labute approximate surface area is 126 Å². The predicted molar refractivity (Wildman–Crippen MR) is 79.2 cm³/mol. The van der Waals surface area contributed by atoms with E-state index in [1.165, 1.54) is 4.90 Å². The molecular formula is C14H27N3O4. The van der Waals surface area contributed by atoms with Gasteiger partial charge in [0.25, 0.3) is 0 Å². The molecule has 122 valence electrons. The fourth-order valence-corrected chi connectivity index (χ4v) is 2.44. The van der Waals surface area contributed by atoms with Crippen LogP contribution >= 0.6 is 0 Å². The van der Waals surface area contributed by atoms with Gasteiger partial charge in [0.05, 0.1) is 5.60 Å². The molecular weight excluding hydrogens is 274 g/mol. The molecule has 2 amide bonds. The minimum Gasteiger partial charge on any atom is -0.480 e. The summed E-state index contributed by atoms with van der Waals surface area (Å²) in [5.74, 6) is -1.00. The molecule has 0 unspecified atom stereocenters. The molecule has 7 heteroatoms. The summed E-state index contributed by atoms with van der Waals surface area (Å²) >= 11 is 0. The minimum atomic E-state index is -1.00. The molecule has 0 radical (unpaired) electrons. The number of urea groups is 1. The lowest BCUT2D eigenvalue weighted by Gasteiger charge is -2.39. The number of carboxylic acids is 1. The third-order valence-corrected chi connectivity index (χ3v) is 3.43. The lowest BCUT2D eigenvalue weighted by molar-refractivity contribution is -0.138. The van der Waals surface area contributed by atoms with Gasteiger partial charge < -0.3 is 20.0 Å². The van der Waals surface area contributed by atoms with E-state index < -0.39 is 11.6 Å². The number of hydrogen-bond donors (Lipinski definition) is 2. The van der Waals surface area contributed by atoms with Gasteiger partial charge in [-0.05, 0) is 27.7 Å². The third kappa shape index (κ3) is 5.89. The number of piperazine rings is 1. The normalized spacial score (nSPS) is 17.1. The number of aliphatic carboxylic acids is 1. The monoisotopic (exact) mass is 301 g/mol. The van der Waals surface area contributed by atoms with Crippen molar-refractivity contribution in [3.63, 3.8) is 0 Å². The van der Waals surface area contributed by atoms with Crippen LogP contribution in [0.4, 0.5) is 4.79 Å². The van der Waals surface area contributed by atoms with Gasteiger partial charge in [-0.2, -0.15) is 0 Å². The van der Waals surface area contributed by atoms with Crippen LogP contribution in [-0.4, -0.2) is 87.8 Å². The van der Waals surface area contributed by atoms with E-state index >= 15 is 0 Å². The van der Waals surface area contributed by atoms with Crippen molar-refractivity contribution in [3.8, 4) is 0 Å². The Morgan fingerprint density at radius 2 is 1.71 bits per heavy atom. The van der Waals surface area contributed by atoms with Crippen molar-refractivity contribution in [2.45, 2.75) is 39.3 Å². The molecule has 1 fully saturated rings. The predicted octanol–water partition coefficient (Wildman–Crippen LogP) is 0.290. The van der Waals surface area contributed by atoms with Gasteiger partial charge in [-0.3, -0.25) is 9.69 Å². The summed E-state index contributed by atoms with van der Waals surface area (Å²) < 4.78 is 0. The second-order valence-electron chi connectivity index (χ2n) is 6.47. The van der Waals surface area contributed by atoms with Crippen LogP contribution in [0.25, 0.3) is 0 Å². The molecule has 1 heterocycles. The number of carbonyl (C=O) groups is 2. The van der Waals surface area contributed by atoms with Crippen LogP contribution in [0.15, 0.2) is 0 Å². The quantitative estimate of drug-likeness (QED) is 0.762. The number of hydrogen-bond acceptors (Lipinski definition) is 4. The van der Waals surface area contributed by atoms with Gasteiger partial charge >= 0.3 is 12.0 Å². The number of β-amino-alcohol motifs (C(OH)–C–C–N with tert-alkyl or cyclic N) is 1. The number of amides is 2. The molecule has 1 rings (SSSR count). The minimum absolute atomic E-state index is 0.150. The van der Waals surface area contributed by atoms with Crippen molar-refractivity contribution in [1.82, 2.24) is 14.7 Å². The first-order valence-corrected chi connectivity index (χ1v) is 7.32. The second-order valence-corrected chi connectivity index (χ2v) is 6.47. The zero-order chi connectivity index (χ0) is 16.2. The van der Waals surface area contributed by atoms with Crippen molar-refractivity contribution < 1.29 is 19.8 Å². The summed E-state index contributed by atoms with van der Waals surface area (Å²) in [4.78, 5) is 28.4. The number of rotatable bonds is 5. The molecule has 0 spiro atoms. The third-order valence-electron chi connectivity index (χ3n) is 3.43. The average Bonchev–Trinajstić information content (AvgIpc) is 2.33. The highest BCUT2D eigenvalue weighted by Gasteiger charge is 2.29. The molecule has 1 saturated heterocycles. The van der Waals surface area contributed by atoms with Crippen LogP contribution in [-0.2, 0) is 4.79 Å². The van der Waals surface area contributed by atoms with Gasteiger partial charge in [-0.1, -0.05) is 0 Å². The molecule has 1 aliphatic heterocycles. The summed E-state index contributed by atoms with van der Waals surface area (Å²) in [7, 11) is 0. The lowest BCUT2D eigenvalue weighted by atomic mass is 10.1. The second kappa shape index (κ2) is 7.09. The van der Waals surface area contributed by atoms with Crippen molar-refractivity contribution in [2.24, 2.45) is 0 Å². The molecule has 21 heavy (non-hydrogen) atoms. The highest BCUT2D eigenvalue weighted by atomic mass is 16.4. The fourth-order valence-electron chi connectivity index (χ4n) is 2.44. The maximum atomic E-state index is 12.4. The number of nitrogens with zero attached hydrogens (tertiary/aromatic N) is 3. The largest absolute Gasteiger partial charge is 0.480 e. The first kappa shape index (κ1) is 17.7. The van der Waals surface area contributed by atoms with Gasteiger partial charge in [-0.25, -0.2) is 4.79 Å². The van der Waals surface area contributed by atoms with E-state index in [4.69, 9.17) is 5.11 Å². The molecule has 2 N–H and O–H groups in total. The Kier molecular flexibility index (Phi) is 5.98. The van der Waals surface area contributed by atoms with Gasteiger partial charge in [0.15, 0.2) is 0 Å². The topological polar surface area (TPSA) is 84.3 Å². The molecule has 0 bridgehead atoms. The van der Waals surface area contributed by atoms with E-state index in [1.54, 1.807) is 18.7 Å². The number of carboxylic acid groups (broad SMARTS) is 1. The molecule has 1 aliphatic rings. The van der Waals surface area contributed by atoms with E-state index in [2.05, 4.69) is 4.90 Å². The molecule has 0 aliphatic carbocycles. The Bertz CT molecular complexity index is 371. The molecule has 0 aromatic rings. The van der Waals surface area contributed by atoms with E-state index in [-0.39, 0.29) is 18.6 Å². The molecule has 7 nitrogen and oxygen atoms in total. The van der Waals surface area contributed by atoms with Crippen LogP contribution in [0.2, 0.25) is 0 Å². The van der Waals surface area contributed by atoms with E-state index in [0.29, 0.717) is 32.7 Å². The van der Waals surface area contributed by atoms with Crippen LogP contribution in [0.1, 0.15) is 27.7 Å². The average molecular weight is 301 g/mol. The Morgan fingerprint density at radius 1 is 1.19 bits per heavy atom. The number of carbonyl (C=O) groups excluding carboxylic acids is 1. The zero-order valence-electron chi connectivity index (χ0n) is 13.4. The van der Waals surface area contributed by atoms with Gasteiger partial charge in [0, 0.05) is 38.8 Å². The Morgan fingerprint density at radius 3 is 2.10 bits per heavy atom. The standard InChI is InChI=1S/C14H27N3O4/c1-11(2)17(9-12(18)19)13(20)16-7-5-15(6-8-16)10-14(3,4)21/h11,21H,5-10H2,1-4H3,(H,18,19). The van der Waals surface area contributed by atoms with Crippen LogP contribution in [0.5, 0.6) is 0 Å². The molecule has 0 saturated carbocycles. The fraction of sp³-hybridized carbons (Fsp3) is 0.857. The Balaban J connectivity index is 2.55. The van der Waals surface area contributed by atoms with Crippen LogP contribution in [0.3, 0.4) is 0 Å². The maximum absolute atomic E-state index is 12.4. The summed E-state index contributed by atoms with van der Waals surface area (Å²) in [6.07, 6.45) is 0. The summed E-state index contributed by atoms with van der Waals surface area (Å²) in [6, 6.07) is -0.377. The highest BCUT2D eigenvalue weighted by Crippen LogP contribution is 2.11. The van der Waals surface area contributed by atoms with Crippen LogP contribution in [0, 0.1) is 0 Å². The lowest BCUT2D eigenvalue weighted by Crippen LogP contribution is -2.56. The van der Waals surface area contributed by atoms with Gasteiger partial charge in [0.2, 0.25) is 0 Å². The van der Waals surface area contributed by atoms with Crippen molar-refractivity contribution >= 4 is 12.0 Å².